The molecule has 4 aromatic rings. The van der Waals surface area contributed by atoms with E-state index >= 15 is 0 Å². The molecule has 0 saturated heterocycles. The Balaban J connectivity index is 1.18. The zero-order valence-electron chi connectivity index (χ0n) is 19.9. The molecule has 1 saturated carbocycles. The second-order valence-electron chi connectivity index (χ2n) is 9.82. The quantitative estimate of drug-likeness (QED) is 0.414. The number of hydrogen-bond acceptors (Lipinski definition) is 7. The summed E-state index contributed by atoms with van der Waals surface area (Å²) in [4.78, 5) is 13.1. The van der Waals surface area contributed by atoms with Crippen LogP contribution >= 0.6 is 0 Å². The minimum atomic E-state index is -4.18. The number of hydrogen-bond donors (Lipinski definition) is 2. The molecule has 0 radical (unpaired) electrons. The molecule has 37 heavy (non-hydrogen) atoms. The van der Waals surface area contributed by atoms with Crippen LogP contribution in [-0.2, 0) is 34.1 Å². The number of anilines is 1. The first-order valence-electron chi connectivity index (χ1n) is 12.4. The van der Waals surface area contributed by atoms with Crippen molar-refractivity contribution in [2.75, 3.05) is 11.9 Å². The Bertz CT molecular complexity index is 1650. The van der Waals surface area contributed by atoms with E-state index in [1.165, 1.54) is 6.07 Å². The lowest BCUT2D eigenvalue weighted by molar-refractivity contribution is 0.00273. The van der Waals surface area contributed by atoms with Gasteiger partial charge in [-0.25, -0.2) is 14.0 Å². The molecule has 7 rings (SSSR count). The molecule has 2 N–H and O–H groups in total. The largest absolute Gasteiger partial charge is 0.370 e. The Labute approximate surface area is 212 Å². The molecule has 2 aliphatic carbocycles. The first-order valence-corrected chi connectivity index (χ1v) is 13.9. The van der Waals surface area contributed by atoms with Gasteiger partial charge in [0, 0.05) is 17.8 Å². The molecular weight excluding hydrogens is 494 g/mol. The number of aryl methyl sites for hydroxylation is 1. The first-order chi connectivity index (χ1) is 18.0. The summed E-state index contributed by atoms with van der Waals surface area (Å²) in [5.74, 6) is 0.402. The highest BCUT2D eigenvalue weighted by atomic mass is 32.2. The van der Waals surface area contributed by atoms with E-state index in [0.717, 1.165) is 65.6 Å². The lowest BCUT2D eigenvalue weighted by Crippen LogP contribution is -2.35. The SMILES string of the molecule is O=C(Nc1c(-c2ccn3nncc3c2)ccc2c1CCC2)NS(=O)(=O)c1cc2n(n1)CCO[C@H]2C1CC1. The molecule has 11 nitrogen and oxygen atoms in total. The summed E-state index contributed by atoms with van der Waals surface area (Å²) in [7, 11) is -4.18. The average molecular weight is 520 g/mol. The van der Waals surface area contributed by atoms with Crippen molar-refractivity contribution in [2.24, 2.45) is 5.92 Å². The number of carbonyl (C=O) groups is 1. The van der Waals surface area contributed by atoms with E-state index in [4.69, 9.17) is 4.74 Å². The molecule has 3 aliphatic rings. The number of benzene rings is 1. The van der Waals surface area contributed by atoms with Crippen molar-refractivity contribution in [3.05, 3.63) is 59.5 Å². The van der Waals surface area contributed by atoms with Crippen molar-refractivity contribution in [2.45, 2.75) is 49.8 Å². The van der Waals surface area contributed by atoms with E-state index in [1.807, 2.05) is 18.2 Å². The van der Waals surface area contributed by atoms with Crippen molar-refractivity contribution in [1.82, 2.24) is 29.3 Å². The third-order valence-electron chi connectivity index (χ3n) is 7.37. The number of carbonyl (C=O) groups excluding carboxylic acids is 1. The van der Waals surface area contributed by atoms with Gasteiger partial charge < -0.3 is 10.1 Å². The highest BCUT2D eigenvalue weighted by Crippen LogP contribution is 2.45. The zero-order valence-corrected chi connectivity index (χ0v) is 20.7. The number of urea groups is 1. The number of amides is 2. The highest BCUT2D eigenvalue weighted by molar-refractivity contribution is 7.90. The lowest BCUT2D eigenvalue weighted by Gasteiger charge is -2.23. The molecule has 2 amide bonds. The number of ether oxygens (including phenoxy) is 1. The molecule has 1 fully saturated rings. The van der Waals surface area contributed by atoms with Crippen LogP contribution < -0.4 is 10.0 Å². The minimum Gasteiger partial charge on any atom is -0.370 e. The Morgan fingerprint density at radius 1 is 1.14 bits per heavy atom. The van der Waals surface area contributed by atoms with Crippen LogP contribution in [0.3, 0.4) is 0 Å². The van der Waals surface area contributed by atoms with Gasteiger partial charge in [-0.1, -0.05) is 17.3 Å². The first kappa shape index (κ1) is 22.4. The molecule has 0 unspecified atom stereocenters. The molecule has 4 heterocycles. The third kappa shape index (κ3) is 3.96. The maximum Gasteiger partial charge on any atom is 0.333 e. The summed E-state index contributed by atoms with van der Waals surface area (Å²) in [6.07, 6.45) is 8.14. The van der Waals surface area contributed by atoms with Crippen molar-refractivity contribution in [1.29, 1.82) is 0 Å². The van der Waals surface area contributed by atoms with Gasteiger partial charge in [0.2, 0.25) is 0 Å². The predicted molar refractivity (Wildman–Crippen MR) is 133 cm³/mol. The van der Waals surface area contributed by atoms with Crippen LogP contribution in [0.25, 0.3) is 16.6 Å². The summed E-state index contributed by atoms with van der Waals surface area (Å²) < 4.78 is 37.7. The van der Waals surface area contributed by atoms with E-state index in [2.05, 4.69) is 31.5 Å². The van der Waals surface area contributed by atoms with Gasteiger partial charge in [0.15, 0.2) is 5.03 Å². The zero-order chi connectivity index (χ0) is 25.1. The number of rotatable bonds is 5. The van der Waals surface area contributed by atoms with Crippen LogP contribution in [0.5, 0.6) is 0 Å². The molecule has 12 heteroatoms. The van der Waals surface area contributed by atoms with Gasteiger partial charge in [0.1, 0.15) is 6.10 Å². The Kier molecular flexibility index (Phi) is 5.08. The lowest BCUT2D eigenvalue weighted by atomic mass is 9.97. The van der Waals surface area contributed by atoms with Gasteiger partial charge in [0.05, 0.1) is 36.2 Å². The number of fused-ring (bicyclic) bond motifs is 3. The molecule has 0 spiro atoms. The van der Waals surface area contributed by atoms with Gasteiger partial charge in [-0.3, -0.25) is 4.68 Å². The number of nitrogens with zero attached hydrogens (tertiary/aromatic N) is 5. The fourth-order valence-corrected chi connectivity index (χ4v) is 6.32. The Morgan fingerprint density at radius 2 is 2.03 bits per heavy atom. The van der Waals surface area contributed by atoms with Crippen LogP contribution in [0.4, 0.5) is 10.5 Å². The van der Waals surface area contributed by atoms with Crippen molar-refractivity contribution in [3.63, 3.8) is 0 Å². The summed E-state index contributed by atoms with van der Waals surface area (Å²) in [5, 5.41) is 14.9. The number of nitrogens with one attached hydrogen (secondary N) is 2. The Morgan fingerprint density at radius 3 is 2.89 bits per heavy atom. The second-order valence-corrected chi connectivity index (χ2v) is 11.4. The van der Waals surface area contributed by atoms with E-state index in [1.54, 1.807) is 21.6 Å². The molecule has 1 aromatic carbocycles. The van der Waals surface area contributed by atoms with Crippen LogP contribution in [-0.4, -0.2) is 45.7 Å². The van der Waals surface area contributed by atoms with Crippen molar-refractivity contribution in [3.8, 4) is 11.1 Å². The van der Waals surface area contributed by atoms with Crippen LogP contribution in [0.2, 0.25) is 0 Å². The third-order valence-corrected chi connectivity index (χ3v) is 8.57. The maximum absolute atomic E-state index is 13.1. The monoisotopic (exact) mass is 519 g/mol. The number of pyridine rings is 1. The van der Waals surface area contributed by atoms with Crippen LogP contribution in [0, 0.1) is 5.92 Å². The Hall–Kier alpha value is -3.77. The van der Waals surface area contributed by atoms with Gasteiger partial charge in [-0.2, -0.15) is 13.5 Å². The smallest absolute Gasteiger partial charge is 0.333 e. The molecule has 190 valence electrons. The number of sulfonamides is 1. The fraction of sp³-hybridized carbons (Fsp3) is 0.360. The van der Waals surface area contributed by atoms with E-state index < -0.39 is 16.1 Å². The van der Waals surface area contributed by atoms with E-state index in [-0.39, 0.29) is 11.1 Å². The fourth-order valence-electron chi connectivity index (χ4n) is 5.43. The second kappa shape index (κ2) is 8.38. The van der Waals surface area contributed by atoms with Gasteiger partial charge in [-0.15, -0.1) is 5.10 Å². The van der Waals surface area contributed by atoms with Crippen LogP contribution in [0.15, 0.2) is 47.8 Å². The summed E-state index contributed by atoms with van der Waals surface area (Å²) in [6, 6.07) is 8.57. The van der Waals surface area contributed by atoms with Crippen molar-refractivity contribution < 1.29 is 17.9 Å². The van der Waals surface area contributed by atoms with E-state index in [9.17, 15) is 13.2 Å². The summed E-state index contributed by atoms with van der Waals surface area (Å²) in [6.45, 7) is 0.975. The molecular formula is C25H25N7O4S. The summed E-state index contributed by atoms with van der Waals surface area (Å²) >= 11 is 0. The molecule has 1 atom stereocenters. The van der Waals surface area contributed by atoms with Crippen LogP contribution in [0.1, 0.15) is 42.2 Å². The molecule has 3 aromatic heterocycles. The highest BCUT2D eigenvalue weighted by Gasteiger charge is 2.38. The standard InChI is InChI=1S/C25H25N7O4S/c33-25(29-37(34,35)22-13-21-24(16-4-5-16)36-11-10-32(21)28-22)27-23-19-3-1-2-15(19)6-7-20(23)17-8-9-31-18(12-17)14-26-30-31/h6-9,12-14,16,24H,1-5,10-11H2,(H2,27,29,33)/t24-/m0/s1. The van der Waals surface area contributed by atoms with Gasteiger partial charge in [-0.05, 0) is 66.8 Å². The molecule has 1 aliphatic heterocycles. The maximum atomic E-state index is 13.1. The van der Waals surface area contributed by atoms with E-state index in [0.29, 0.717) is 24.8 Å². The normalized spacial score (nSPS) is 19.0. The average Bonchev–Trinajstić information content (AvgIpc) is 3.26. The minimum absolute atomic E-state index is 0.142. The van der Waals surface area contributed by atoms with Gasteiger partial charge in [0.25, 0.3) is 10.0 Å². The van der Waals surface area contributed by atoms with Crippen molar-refractivity contribution >= 4 is 27.3 Å². The molecule has 0 bridgehead atoms. The summed E-state index contributed by atoms with van der Waals surface area (Å²) in [5.41, 5.74) is 6.04. The van der Waals surface area contributed by atoms with Gasteiger partial charge >= 0.3 is 6.03 Å². The number of aromatic nitrogens is 5. The predicted octanol–water partition coefficient (Wildman–Crippen LogP) is 3.07. The topological polar surface area (TPSA) is 133 Å².